The first-order chi connectivity index (χ1) is 10.5. The van der Waals surface area contributed by atoms with Crippen molar-refractivity contribution in [2.45, 2.75) is 20.6 Å². The highest BCUT2D eigenvalue weighted by Gasteiger charge is 2.23. The Balaban J connectivity index is 5.42. The van der Waals surface area contributed by atoms with Crippen LogP contribution in [0.1, 0.15) is 34.3 Å². The SMILES string of the molecule is [2H]C([2H])([2H])C([2H])([2H])OP(=O)(OC([2H])([2H])C([2H])([2H])[2H])SCCSCC. The second-order valence-corrected chi connectivity index (χ2v) is 7.30. The fraction of sp³-hybridized carbons (Fsp3) is 1.00. The maximum absolute atomic E-state index is 12.6. The standard InChI is InChI=1S/C8H19O3PS2/c1-4-10-12(9,11-5-2)14-8-7-13-6-3/h4-8H2,1-3H3/i1D3,2D3,4D2,5D2. The van der Waals surface area contributed by atoms with Gasteiger partial charge >= 0.3 is 6.80 Å². The first kappa shape index (κ1) is 5.01. The third-order valence-corrected chi connectivity index (χ3v) is 5.43. The summed E-state index contributed by atoms with van der Waals surface area (Å²) in [4.78, 5) is 0. The van der Waals surface area contributed by atoms with Crippen LogP contribution in [0, 0.1) is 0 Å². The van der Waals surface area contributed by atoms with Crippen LogP contribution in [0.5, 0.6) is 0 Å². The first-order valence-electron chi connectivity index (χ1n) is 8.71. The molecule has 0 saturated carbocycles. The van der Waals surface area contributed by atoms with Crippen LogP contribution >= 0.6 is 29.9 Å². The molecule has 0 fully saturated rings. The quantitative estimate of drug-likeness (QED) is 0.471. The minimum atomic E-state index is -4.76. The lowest BCUT2D eigenvalue weighted by Crippen LogP contribution is -1.94. The maximum Gasteiger partial charge on any atom is 0.389 e. The van der Waals surface area contributed by atoms with Crippen molar-refractivity contribution in [1.82, 2.24) is 0 Å². The second-order valence-electron chi connectivity index (χ2n) is 1.86. The highest BCUT2D eigenvalue weighted by Crippen LogP contribution is 2.60. The molecule has 0 unspecified atom stereocenters. The Morgan fingerprint density at radius 2 is 2.00 bits per heavy atom. The van der Waals surface area contributed by atoms with Crippen LogP contribution in [0.15, 0.2) is 0 Å². The summed E-state index contributed by atoms with van der Waals surface area (Å²) in [6.45, 7) is -16.4. The van der Waals surface area contributed by atoms with Gasteiger partial charge in [0.15, 0.2) is 0 Å². The molecule has 0 atom stereocenters. The lowest BCUT2D eigenvalue weighted by atomic mass is 10.9. The predicted molar refractivity (Wildman–Crippen MR) is 66.3 cm³/mol. The van der Waals surface area contributed by atoms with Crippen LogP contribution in [0.3, 0.4) is 0 Å². The van der Waals surface area contributed by atoms with Crippen molar-refractivity contribution in [1.29, 1.82) is 0 Å². The van der Waals surface area contributed by atoms with E-state index < -0.39 is 33.6 Å². The smallest absolute Gasteiger partial charge is 0.301 e. The molecule has 0 aromatic rings. The molecule has 0 aromatic carbocycles. The van der Waals surface area contributed by atoms with Crippen LogP contribution in [-0.4, -0.2) is 30.4 Å². The van der Waals surface area contributed by atoms with Crippen molar-refractivity contribution in [2.75, 3.05) is 30.4 Å². The van der Waals surface area contributed by atoms with Crippen molar-refractivity contribution in [3.63, 3.8) is 0 Å². The van der Waals surface area contributed by atoms with E-state index in [0.29, 0.717) is 17.1 Å². The van der Waals surface area contributed by atoms with Crippen LogP contribution < -0.4 is 0 Å². The van der Waals surface area contributed by atoms with E-state index in [2.05, 4.69) is 9.05 Å². The first-order valence-corrected chi connectivity index (χ1v) is 8.00. The van der Waals surface area contributed by atoms with Gasteiger partial charge < -0.3 is 9.05 Å². The fourth-order valence-electron chi connectivity index (χ4n) is 0.535. The number of thioether (sulfide) groups is 1. The van der Waals surface area contributed by atoms with Gasteiger partial charge in [-0.1, -0.05) is 6.92 Å². The van der Waals surface area contributed by atoms with E-state index in [1.165, 1.54) is 11.8 Å². The molecule has 0 aromatic heterocycles. The summed E-state index contributed by atoms with van der Waals surface area (Å²) in [7, 11) is 0. The zero-order valence-corrected chi connectivity index (χ0v) is 10.1. The van der Waals surface area contributed by atoms with Crippen LogP contribution in [-0.2, 0) is 13.6 Å². The van der Waals surface area contributed by atoms with Crippen molar-refractivity contribution < 1.29 is 27.3 Å². The molecule has 0 aliphatic rings. The molecule has 3 nitrogen and oxygen atoms in total. The normalized spacial score (nSPS) is 26.4. The molecule has 0 N–H and O–H groups in total. The summed E-state index contributed by atoms with van der Waals surface area (Å²) in [6, 6.07) is 0. The second kappa shape index (κ2) is 9.10. The number of hydrogen-bond acceptors (Lipinski definition) is 5. The Morgan fingerprint density at radius 1 is 1.36 bits per heavy atom. The molecule has 0 amide bonds. The largest absolute Gasteiger partial charge is 0.389 e. The van der Waals surface area contributed by atoms with Crippen LogP contribution in [0.25, 0.3) is 0 Å². The monoisotopic (exact) mass is 268 g/mol. The third-order valence-electron chi connectivity index (χ3n) is 0.996. The summed E-state index contributed by atoms with van der Waals surface area (Å²) >= 11 is 1.79. The van der Waals surface area contributed by atoms with Gasteiger partial charge in [-0.3, -0.25) is 0 Å². The molecule has 0 aliphatic heterocycles. The van der Waals surface area contributed by atoms with E-state index in [9.17, 15) is 4.57 Å². The van der Waals surface area contributed by atoms with Crippen LogP contribution in [0.2, 0.25) is 0 Å². The van der Waals surface area contributed by atoms with Gasteiger partial charge in [0.25, 0.3) is 0 Å². The van der Waals surface area contributed by atoms with E-state index in [4.69, 9.17) is 13.7 Å². The Morgan fingerprint density at radius 3 is 2.50 bits per heavy atom. The molecule has 0 saturated heterocycles. The molecular formula is C8H19O3PS2. The summed E-state index contributed by atoms with van der Waals surface area (Å²) < 4.78 is 93.3. The zero-order valence-electron chi connectivity index (χ0n) is 17.6. The van der Waals surface area contributed by atoms with Gasteiger partial charge in [-0.05, 0) is 30.8 Å². The summed E-state index contributed by atoms with van der Waals surface area (Å²) in [6.07, 6.45) is 0. The average molecular weight is 268 g/mol. The van der Waals surface area contributed by atoms with Gasteiger partial charge in [0, 0.05) is 19.7 Å². The van der Waals surface area contributed by atoms with Crippen molar-refractivity contribution >= 4 is 29.9 Å². The molecule has 0 radical (unpaired) electrons. The van der Waals surface area contributed by atoms with Gasteiger partial charge in [-0.15, -0.1) is 0 Å². The lowest BCUT2D eigenvalue weighted by molar-refractivity contribution is 0.237. The van der Waals surface area contributed by atoms with E-state index in [-0.39, 0.29) is 5.75 Å². The molecule has 0 rings (SSSR count). The summed E-state index contributed by atoms with van der Waals surface area (Å²) in [5.41, 5.74) is 0. The molecule has 0 bridgehead atoms. The van der Waals surface area contributed by atoms with Crippen molar-refractivity contribution in [3.8, 4) is 0 Å². The zero-order chi connectivity index (χ0) is 19.4. The summed E-state index contributed by atoms with van der Waals surface area (Å²) in [5, 5.41) is 0. The van der Waals surface area contributed by atoms with Gasteiger partial charge in [0.1, 0.15) is 0 Å². The number of hydrogen-bond donors (Lipinski definition) is 0. The highest BCUT2D eigenvalue weighted by molar-refractivity contribution is 8.55. The van der Waals surface area contributed by atoms with Gasteiger partial charge in [-0.25, -0.2) is 4.57 Å². The van der Waals surface area contributed by atoms with E-state index >= 15 is 0 Å². The predicted octanol–water partition coefficient (Wildman–Crippen LogP) is 3.65. The van der Waals surface area contributed by atoms with E-state index in [0.717, 1.165) is 5.75 Å². The Bertz CT molecular complexity index is 420. The minimum Gasteiger partial charge on any atom is -0.301 e. The van der Waals surface area contributed by atoms with Gasteiger partial charge in [0.05, 0.1) is 18.6 Å². The van der Waals surface area contributed by atoms with E-state index in [1.807, 2.05) is 6.92 Å². The van der Waals surface area contributed by atoms with Crippen LogP contribution in [0.4, 0.5) is 0 Å². The molecule has 0 spiro atoms. The topological polar surface area (TPSA) is 35.5 Å². The molecule has 6 heteroatoms. The van der Waals surface area contributed by atoms with Crippen molar-refractivity contribution in [3.05, 3.63) is 0 Å². The van der Waals surface area contributed by atoms with Crippen molar-refractivity contribution in [2.24, 2.45) is 0 Å². The van der Waals surface area contributed by atoms with E-state index in [1.54, 1.807) is 0 Å². The molecule has 14 heavy (non-hydrogen) atoms. The number of rotatable bonds is 9. The fourth-order valence-corrected chi connectivity index (χ4v) is 4.07. The molecule has 0 aliphatic carbocycles. The van der Waals surface area contributed by atoms with Gasteiger partial charge in [0.2, 0.25) is 0 Å². The lowest BCUT2D eigenvalue weighted by Gasteiger charge is -2.15. The minimum absolute atomic E-state index is 0.0595. The molecular weight excluding hydrogens is 239 g/mol. The summed E-state index contributed by atoms with van der Waals surface area (Å²) in [5.74, 6) is 1.22. The molecule has 86 valence electrons. The Kier molecular flexibility index (Phi) is 3.26. The highest BCUT2D eigenvalue weighted by atomic mass is 32.7. The average Bonchev–Trinajstić information content (AvgIpc) is 2.30. The van der Waals surface area contributed by atoms with Gasteiger partial charge in [-0.2, -0.15) is 11.8 Å². The maximum atomic E-state index is 12.6. The molecule has 0 heterocycles. The third kappa shape index (κ3) is 7.18. The Labute approximate surface area is 109 Å². The Hall–Kier alpha value is 0.850.